The molecule has 0 saturated heterocycles. The molecule has 0 bridgehead atoms. The number of ether oxygens (including phenoxy) is 1. The lowest BCUT2D eigenvalue weighted by Gasteiger charge is -2.05. The second-order valence-corrected chi connectivity index (χ2v) is 4.39. The third-order valence-corrected chi connectivity index (χ3v) is 2.72. The summed E-state index contributed by atoms with van der Waals surface area (Å²) in [5.41, 5.74) is 1.43. The Kier molecular flexibility index (Phi) is 5.40. The summed E-state index contributed by atoms with van der Waals surface area (Å²) in [5, 5.41) is 9.37. The Labute approximate surface area is 130 Å². The van der Waals surface area contributed by atoms with Crippen LogP contribution in [0, 0.1) is 0 Å². The van der Waals surface area contributed by atoms with Crippen LogP contribution in [0.25, 0.3) is 0 Å². The van der Waals surface area contributed by atoms with Crippen molar-refractivity contribution < 1.29 is 9.53 Å². The van der Waals surface area contributed by atoms with Crippen LogP contribution in [0.4, 0.5) is 0 Å². The summed E-state index contributed by atoms with van der Waals surface area (Å²) in [4.78, 5) is 35.9. The van der Waals surface area contributed by atoms with Crippen molar-refractivity contribution in [2.45, 2.75) is 13.3 Å². The van der Waals surface area contributed by atoms with Gasteiger partial charge in [0, 0.05) is 5.56 Å². The summed E-state index contributed by atoms with van der Waals surface area (Å²) in [7, 11) is 0. The molecule has 9 heteroatoms. The van der Waals surface area contributed by atoms with E-state index < -0.39 is 17.2 Å². The Bertz CT molecular complexity index is 824. The van der Waals surface area contributed by atoms with Gasteiger partial charge in [-0.1, -0.05) is 12.1 Å². The van der Waals surface area contributed by atoms with Gasteiger partial charge in [0.05, 0.1) is 19.2 Å². The Hall–Kier alpha value is -3.23. The van der Waals surface area contributed by atoms with Gasteiger partial charge >= 0.3 is 5.69 Å². The van der Waals surface area contributed by atoms with Crippen LogP contribution >= 0.6 is 0 Å². The van der Waals surface area contributed by atoms with Gasteiger partial charge in [0.2, 0.25) is 5.91 Å². The number of carbonyl (C=O) groups excluding carboxylic acids is 1. The molecule has 23 heavy (non-hydrogen) atoms. The Morgan fingerprint density at radius 3 is 2.91 bits per heavy atom. The van der Waals surface area contributed by atoms with Crippen LogP contribution in [0.2, 0.25) is 0 Å². The molecule has 1 amide bonds. The molecule has 0 aliphatic carbocycles. The van der Waals surface area contributed by atoms with Crippen molar-refractivity contribution in [1.82, 2.24) is 20.6 Å². The van der Waals surface area contributed by atoms with Gasteiger partial charge in [-0.05, 0) is 19.1 Å². The summed E-state index contributed by atoms with van der Waals surface area (Å²) >= 11 is 0. The first-order chi connectivity index (χ1) is 11.1. The lowest BCUT2D eigenvalue weighted by molar-refractivity contribution is -0.120. The molecule has 0 spiro atoms. The summed E-state index contributed by atoms with van der Waals surface area (Å²) in [6.07, 6.45) is 1.13. The van der Waals surface area contributed by atoms with Gasteiger partial charge < -0.3 is 4.74 Å². The highest BCUT2D eigenvalue weighted by molar-refractivity contribution is 5.85. The monoisotopic (exact) mass is 317 g/mol. The van der Waals surface area contributed by atoms with Crippen molar-refractivity contribution in [3.05, 3.63) is 56.4 Å². The van der Waals surface area contributed by atoms with Gasteiger partial charge in [-0.25, -0.2) is 15.3 Å². The molecule has 1 aromatic carbocycles. The first kappa shape index (κ1) is 16.1. The molecule has 1 heterocycles. The first-order valence-corrected chi connectivity index (χ1v) is 6.81. The topological polar surface area (TPSA) is 129 Å². The molecule has 0 aliphatic rings. The summed E-state index contributed by atoms with van der Waals surface area (Å²) < 4.78 is 5.42. The van der Waals surface area contributed by atoms with Crippen molar-refractivity contribution >= 4 is 12.1 Å². The van der Waals surface area contributed by atoms with Crippen LogP contribution in [-0.2, 0) is 11.2 Å². The van der Waals surface area contributed by atoms with Crippen LogP contribution in [0.5, 0.6) is 5.75 Å². The number of hydrogen-bond acceptors (Lipinski definition) is 6. The second kappa shape index (κ2) is 7.69. The molecular formula is C14H15N5O4. The maximum atomic E-state index is 11.7. The number of aromatic amines is 2. The first-order valence-electron chi connectivity index (χ1n) is 6.81. The highest BCUT2D eigenvalue weighted by Crippen LogP contribution is 2.15. The van der Waals surface area contributed by atoms with Gasteiger partial charge in [-0.2, -0.15) is 10.2 Å². The number of benzene rings is 1. The number of amides is 1. The Morgan fingerprint density at radius 2 is 2.17 bits per heavy atom. The summed E-state index contributed by atoms with van der Waals surface area (Å²) in [5.74, 6) is 0.104. The normalized spacial score (nSPS) is 10.7. The molecule has 0 radical (unpaired) electrons. The zero-order chi connectivity index (χ0) is 16.7. The lowest BCUT2D eigenvalue weighted by Crippen LogP contribution is -2.31. The number of aromatic nitrogens is 3. The smallest absolute Gasteiger partial charge is 0.342 e. The molecule has 2 rings (SSSR count). The number of nitrogens with one attached hydrogen (secondary N) is 3. The zero-order valence-electron chi connectivity index (χ0n) is 12.3. The molecule has 0 atom stereocenters. The SMILES string of the molecule is CCOc1ccccc1/C=N\NC(=O)Cc1n[nH]c(=O)[nH]c1=O. The molecule has 0 saturated carbocycles. The van der Waals surface area contributed by atoms with Crippen LogP contribution < -0.4 is 21.4 Å². The number of carbonyl (C=O) groups is 1. The van der Waals surface area contributed by atoms with Gasteiger partial charge in [0.25, 0.3) is 5.56 Å². The number of hydrazone groups is 1. The minimum atomic E-state index is -0.732. The maximum absolute atomic E-state index is 11.7. The fraction of sp³-hybridized carbons (Fsp3) is 0.214. The fourth-order valence-corrected chi connectivity index (χ4v) is 1.73. The van der Waals surface area contributed by atoms with E-state index >= 15 is 0 Å². The van der Waals surface area contributed by atoms with Crippen LogP contribution in [0.1, 0.15) is 18.2 Å². The van der Waals surface area contributed by atoms with E-state index in [1.807, 2.05) is 24.0 Å². The molecular weight excluding hydrogens is 302 g/mol. The quantitative estimate of drug-likeness (QED) is 0.491. The average molecular weight is 317 g/mol. The Morgan fingerprint density at radius 1 is 1.39 bits per heavy atom. The van der Waals surface area contributed by atoms with E-state index in [1.54, 1.807) is 12.1 Å². The minimum Gasteiger partial charge on any atom is -0.493 e. The van der Waals surface area contributed by atoms with E-state index in [0.29, 0.717) is 17.9 Å². The molecule has 3 N–H and O–H groups in total. The number of para-hydroxylation sites is 1. The highest BCUT2D eigenvalue weighted by atomic mass is 16.5. The fourth-order valence-electron chi connectivity index (χ4n) is 1.73. The van der Waals surface area contributed by atoms with E-state index in [-0.39, 0.29) is 12.1 Å². The van der Waals surface area contributed by atoms with Crippen molar-refractivity contribution in [1.29, 1.82) is 0 Å². The maximum Gasteiger partial charge on any atom is 0.342 e. The van der Waals surface area contributed by atoms with Crippen molar-refractivity contribution in [2.75, 3.05) is 6.61 Å². The Balaban J connectivity index is 1.99. The molecule has 2 aromatic rings. The van der Waals surface area contributed by atoms with Crippen LogP contribution in [-0.4, -0.2) is 33.9 Å². The minimum absolute atomic E-state index is 0.105. The van der Waals surface area contributed by atoms with Gasteiger partial charge in [-0.15, -0.1) is 0 Å². The third-order valence-electron chi connectivity index (χ3n) is 2.72. The van der Waals surface area contributed by atoms with E-state index in [9.17, 15) is 14.4 Å². The molecule has 120 valence electrons. The second-order valence-electron chi connectivity index (χ2n) is 4.39. The summed E-state index contributed by atoms with van der Waals surface area (Å²) in [6.45, 7) is 2.38. The van der Waals surface area contributed by atoms with Crippen LogP contribution in [0.3, 0.4) is 0 Å². The van der Waals surface area contributed by atoms with E-state index in [0.717, 1.165) is 0 Å². The average Bonchev–Trinajstić information content (AvgIpc) is 2.52. The van der Waals surface area contributed by atoms with E-state index in [4.69, 9.17) is 4.74 Å². The highest BCUT2D eigenvalue weighted by Gasteiger charge is 2.08. The molecule has 0 aliphatic heterocycles. The van der Waals surface area contributed by atoms with Crippen molar-refractivity contribution in [3.63, 3.8) is 0 Å². The number of H-pyrrole nitrogens is 2. The summed E-state index contributed by atoms with van der Waals surface area (Å²) in [6, 6.07) is 7.22. The van der Waals surface area contributed by atoms with E-state index in [1.165, 1.54) is 6.21 Å². The zero-order valence-corrected chi connectivity index (χ0v) is 12.3. The van der Waals surface area contributed by atoms with Gasteiger partial charge in [0.15, 0.2) is 0 Å². The van der Waals surface area contributed by atoms with Crippen molar-refractivity contribution in [3.8, 4) is 5.75 Å². The number of nitrogens with zero attached hydrogens (tertiary/aromatic N) is 2. The van der Waals surface area contributed by atoms with E-state index in [2.05, 4.69) is 20.7 Å². The number of rotatable bonds is 6. The molecule has 0 fully saturated rings. The molecule has 9 nitrogen and oxygen atoms in total. The van der Waals surface area contributed by atoms with Crippen LogP contribution in [0.15, 0.2) is 39.0 Å². The largest absolute Gasteiger partial charge is 0.493 e. The predicted molar refractivity (Wildman–Crippen MR) is 82.5 cm³/mol. The predicted octanol–water partition coefficient (Wildman–Crippen LogP) is -0.450. The van der Waals surface area contributed by atoms with Gasteiger partial charge in [-0.3, -0.25) is 14.6 Å². The van der Waals surface area contributed by atoms with Crippen molar-refractivity contribution in [2.24, 2.45) is 5.10 Å². The molecule has 0 unspecified atom stereocenters. The number of hydrogen-bond donors (Lipinski definition) is 3. The lowest BCUT2D eigenvalue weighted by atomic mass is 10.2. The standard InChI is InChI=1S/C14H15N5O4/c1-2-23-11-6-4-3-5-9(11)8-15-18-12(20)7-10-13(21)16-14(22)19-17-10/h3-6,8H,2,7H2,1H3,(H,18,20)(H2,16,19,21,22)/b15-8-. The van der Waals surface area contributed by atoms with Gasteiger partial charge in [0.1, 0.15) is 11.4 Å². The molecule has 1 aromatic heterocycles. The third kappa shape index (κ3) is 4.63.